The number of benzene rings is 2. The molecule has 0 aliphatic rings. The Morgan fingerprint density at radius 2 is 2.05 bits per heavy atom. The van der Waals surface area contributed by atoms with E-state index in [1.165, 1.54) is 6.07 Å². The molecule has 0 saturated heterocycles. The summed E-state index contributed by atoms with van der Waals surface area (Å²) in [4.78, 5) is 11.8. The number of nitrogens with two attached hydrogens (primary N) is 1. The number of rotatable bonds is 4. The topological polar surface area (TPSA) is 64.3 Å². The summed E-state index contributed by atoms with van der Waals surface area (Å²) in [6.45, 7) is 3.26. The molecular formula is C16H17FN2O2. The van der Waals surface area contributed by atoms with Crippen LogP contribution in [0.5, 0.6) is 5.75 Å². The highest BCUT2D eigenvalue weighted by molar-refractivity contribution is 5.94. The van der Waals surface area contributed by atoms with Gasteiger partial charge in [-0.25, -0.2) is 4.39 Å². The predicted molar refractivity (Wildman–Crippen MR) is 80.9 cm³/mol. The van der Waals surface area contributed by atoms with Gasteiger partial charge in [-0.05, 0) is 43.2 Å². The lowest BCUT2D eigenvalue weighted by Gasteiger charge is -2.11. The van der Waals surface area contributed by atoms with E-state index in [1.54, 1.807) is 31.2 Å². The van der Waals surface area contributed by atoms with Gasteiger partial charge >= 0.3 is 0 Å². The smallest absolute Gasteiger partial charge is 0.262 e. The van der Waals surface area contributed by atoms with Gasteiger partial charge in [0.05, 0.1) is 11.4 Å². The van der Waals surface area contributed by atoms with Crippen LogP contribution in [0.3, 0.4) is 0 Å². The molecule has 3 N–H and O–H groups in total. The van der Waals surface area contributed by atoms with Crippen molar-refractivity contribution in [3.63, 3.8) is 0 Å². The van der Waals surface area contributed by atoms with Crippen molar-refractivity contribution in [2.45, 2.75) is 13.8 Å². The van der Waals surface area contributed by atoms with Gasteiger partial charge < -0.3 is 15.8 Å². The van der Waals surface area contributed by atoms with Gasteiger partial charge in [0, 0.05) is 0 Å². The molecule has 0 fully saturated rings. The van der Waals surface area contributed by atoms with Gasteiger partial charge in [-0.3, -0.25) is 4.79 Å². The third-order valence-corrected chi connectivity index (χ3v) is 3.00. The van der Waals surface area contributed by atoms with E-state index in [9.17, 15) is 9.18 Å². The van der Waals surface area contributed by atoms with Crippen molar-refractivity contribution in [1.82, 2.24) is 0 Å². The van der Waals surface area contributed by atoms with Crippen LogP contribution in [0.1, 0.15) is 11.1 Å². The first kappa shape index (κ1) is 14.8. The number of nitrogens with one attached hydrogen (secondary N) is 1. The second-order valence-corrected chi connectivity index (χ2v) is 4.81. The monoisotopic (exact) mass is 288 g/mol. The van der Waals surface area contributed by atoms with Gasteiger partial charge in [0.15, 0.2) is 18.2 Å². The maximum Gasteiger partial charge on any atom is 0.262 e. The van der Waals surface area contributed by atoms with Crippen molar-refractivity contribution in [2.24, 2.45) is 0 Å². The molecule has 0 aromatic heterocycles. The van der Waals surface area contributed by atoms with E-state index in [2.05, 4.69) is 5.32 Å². The van der Waals surface area contributed by atoms with Crippen molar-refractivity contribution >= 4 is 17.3 Å². The molecule has 5 heteroatoms. The van der Waals surface area contributed by atoms with Gasteiger partial charge in [-0.15, -0.1) is 0 Å². The second-order valence-electron chi connectivity index (χ2n) is 4.81. The van der Waals surface area contributed by atoms with E-state index >= 15 is 0 Å². The lowest BCUT2D eigenvalue weighted by Crippen LogP contribution is -2.21. The number of amides is 1. The Bertz CT molecular complexity index is 671. The Labute approximate surface area is 122 Å². The molecule has 1 amide bonds. The molecule has 0 heterocycles. The zero-order chi connectivity index (χ0) is 15.4. The third-order valence-electron chi connectivity index (χ3n) is 3.00. The minimum Gasteiger partial charge on any atom is -0.481 e. The Morgan fingerprint density at radius 1 is 1.29 bits per heavy atom. The summed E-state index contributed by atoms with van der Waals surface area (Å²) in [5, 5.41) is 2.63. The molecule has 0 radical (unpaired) electrons. The molecule has 2 aromatic rings. The number of aryl methyl sites for hydroxylation is 2. The van der Waals surface area contributed by atoms with Crippen molar-refractivity contribution < 1.29 is 13.9 Å². The fraction of sp³-hybridized carbons (Fsp3) is 0.188. The van der Waals surface area contributed by atoms with Gasteiger partial charge in [-0.2, -0.15) is 0 Å². The standard InChI is InChI=1S/C16H17FN2O2/c1-10-6-7-13(12(18)8-10)19-15(20)9-21-14-5-3-4-11(2)16(14)17/h3-8H,9,18H2,1-2H3,(H,19,20). The second kappa shape index (κ2) is 6.26. The van der Waals surface area contributed by atoms with Crippen LogP contribution in [0.4, 0.5) is 15.8 Å². The summed E-state index contributed by atoms with van der Waals surface area (Å²) in [6.07, 6.45) is 0. The summed E-state index contributed by atoms with van der Waals surface area (Å²) in [5.41, 5.74) is 8.27. The Balaban J connectivity index is 1.97. The molecular weight excluding hydrogens is 271 g/mol. The molecule has 0 unspecified atom stereocenters. The van der Waals surface area contributed by atoms with Crippen LogP contribution in [0.15, 0.2) is 36.4 Å². The van der Waals surface area contributed by atoms with Crippen LogP contribution in [-0.2, 0) is 4.79 Å². The third kappa shape index (κ3) is 3.72. The minimum absolute atomic E-state index is 0.0574. The molecule has 0 spiro atoms. The maximum absolute atomic E-state index is 13.7. The molecule has 0 aliphatic carbocycles. The Hall–Kier alpha value is -2.56. The van der Waals surface area contributed by atoms with Crippen LogP contribution < -0.4 is 15.8 Å². The first-order chi connectivity index (χ1) is 9.97. The Morgan fingerprint density at radius 3 is 2.76 bits per heavy atom. The number of ether oxygens (including phenoxy) is 1. The highest BCUT2D eigenvalue weighted by Gasteiger charge is 2.10. The van der Waals surface area contributed by atoms with Gasteiger partial charge in [0.25, 0.3) is 5.91 Å². The first-order valence-corrected chi connectivity index (χ1v) is 6.51. The number of carbonyl (C=O) groups is 1. The van der Waals surface area contributed by atoms with Crippen molar-refractivity contribution in [3.05, 3.63) is 53.3 Å². The normalized spacial score (nSPS) is 10.2. The van der Waals surface area contributed by atoms with E-state index in [0.29, 0.717) is 16.9 Å². The molecule has 110 valence electrons. The number of carbonyl (C=O) groups excluding carboxylic acids is 1. The SMILES string of the molecule is Cc1ccc(NC(=O)COc2cccc(C)c2F)c(N)c1. The fourth-order valence-corrected chi connectivity index (χ4v) is 1.86. The molecule has 0 saturated carbocycles. The molecule has 0 atom stereocenters. The van der Waals surface area contributed by atoms with E-state index in [0.717, 1.165) is 5.56 Å². The summed E-state index contributed by atoms with van der Waals surface area (Å²) in [6, 6.07) is 10.1. The van der Waals surface area contributed by atoms with Crippen LogP contribution in [-0.4, -0.2) is 12.5 Å². The van der Waals surface area contributed by atoms with Crippen LogP contribution in [0, 0.1) is 19.7 Å². The van der Waals surface area contributed by atoms with Crippen LogP contribution in [0.2, 0.25) is 0 Å². The van der Waals surface area contributed by atoms with Crippen LogP contribution >= 0.6 is 0 Å². The van der Waals surface area contributed by atoms with Gasteiger partial charge in [0.1, 0.15) is 0 Å². The molecule has 2 aromatic carbocycles. The zero-order valence-corrected chi connectivity index (χ0v) is 11.9. The average Bonchev–Trinajstić information content (AvgIpc) is 2.43. The number of anilines is 2. The maximum atomic E-state index is 13.7. The number of nitrogen functional groups attached to an aromatic ring is 1. The van der Waals surface area contributed by atoms with Crippen molar-refractivity contribution in [2.75, 3.05) is 17.7 Å². The summed E-state index contributed by atoms with van der Waals surface area (Å²) < 4.78 is 18.9. The molecule has 0 bridgehead atoms. The van der Waals surface area contributed by atoms with E-state index in [4.69, 9.17) is 10.5 Å². The number of hydrogen-bond acceptors (Lipinski definition) is 3. The zero-order valence-electron chi connectivity index (χ0n) is 11.9. The Kier molecular flexibility index (Phi) is 4.42. The largest absolute Gasteiger partial charge is 0.481 e. The van der Waals surface area contributed by atoms with Crippen molar-refractivity contribution in [3.8, 4) is 5.75 Å². The fourth-order valence-electron chi connectivity index (χ4n) is 1.86. The minimum atomic E-state index is -0.458. The predicted octanol–water partition coefficient (Wildman–Crippen LogP) is 3.04. The summed E-state index contributed by atoms with van der Waals surface area (Å²) >= 11 is 0. The average molecular weight is 288 g/mol. The van der Waals surface area contributed by atoms with E-state index in [-0.39, 0.29) is 12.4 Å². The molecule has 4 nitrogen and oxygen atoms in total. The number of hydrogen-bond donors (Lipinski definition) is 2. The lowest BCUT2D eigenvalue weighted by atomic mass is 10.2. The van der Waals surface area contributed by atoms with Gasteiger partial charge in [-0.1, -0.05) is 18.2 Å². The van der Waals surface area contributed by atoms with E-state index < -0.39 is 11.7 Å². The first-order valence-electron chi connectivity index (χ1n) is 6.51. The van der Waals surface area contributed by atoms with Gasteiger partial charge in [0.2, 0.25) is 0 Å². The highest BCUT2D eigenvalue weighted by atomic mass is 19.1. The number of halogens is 1. The lowest BCUT2D eigenvalue weighted by molar-refractivity contribution is -0.118. The quantitative estimate of drug-likeness (QED) is 0.850. The van der Waals surface area contributed by atoms with Crippen molar-refractivity contribution in [1.29, 1.82) is 0 Å². The molecule has 0 aliphatic heterocycles. The van der Waals surface area contributed by atoms with E-state index in [1.807, 2.05) is 13.0 Å². The summed E-state index contributed by atoms with van der Waals surface area (Å²) in [7, 11) is 0. The van der Waals surface area contributed by atoms with Crippen LogP contribution in [0.25, 0.3) is 0 Å². The highest BCUT2D eigenvalue weighted by Crippen LogP contribution is 2.21. The molecule has 21 heavy (non-hydrogen) atoms. The molecule has 2 rings (SSSR count). The summed E-state index contributed by atoms with van der Waals surface area (Å²) in [5.74, 6) is -0.798.